The summed E-state index contributed by atoms with van der Waals surface area (Å²) in [6.07, 6.45) is -0.562. The van der Waals surface area contributed by atoms with Gasteiger partial charge in [0.1, 0.15) is 11.5 Å². The molecule has 0 spiro atoms. The van der Waals surface area contributed by atoms with Gasteiger partial charge in [0.25, 0.3) is 11.8 Å². The molecule has 6 nitrogen and oxygen atoms in total. The minimum absolute atomic E-state index is 0.108. The van der Waals surface area contributed by atoms with Crippen molar-refractivity contribution in [3.8, 4) is 11.5 Å². The van der Waals surface area contributed by atoms with Crippen molar-refractivity contribution in [3.63, 3.8) is 0 Å². The quantitative estimate of drug-likeness (QED) is 0.752. The highest BCUT2D eigenvalue weighted by Gasteiger charge is 2.31. The molecule has 0 radical (unpaired) electrons. The summed E-state index contributed by atoms with van der Waals surface area (Å²) >= 11 is 0. The van der Waals surface area contributed by atoms with Gasteiger partial charge in [-0.15, -0.1) is 0 Å². The molecule has 2 aromatic rings. The van der Waals surface area contributed by atoms with E-state index in [2.05, 4.69) is 11.9 Å². The van der Waals surface area contributed by atoms with E-state index in [4.69, 9.17) is 9.47 Å². The van der Waals surface area contributed by atoms with Crippen molar-refractivity contribution < 1.29 is 19.1 Å². The fourth-order valence-corrected chi connectivity index (χ4v) is 3.14. The largest absolute Gasteiger partial charge is 0.483 e. The topological polar surface area (TPSA) is 67.9 Å². The van der Waals surface area contributed by atoms with Crippen molar-refractivity contribution >= 4 is 23.2 Å². The van der Waals surface area contributed by atoms with Crippen LogP contribution in [-0.4, -0.2) is 31.1 Å². The zero-order valence-corrected chi connectivity index (χ0v) is 17.2. The van der Waals surface area contributed by atoms with Crippen molar-refractivity contribution in [1.29, 1.82) is 0 Å². The van der Waals surface area contributed by atoms with Gasteiger partial charge in [0.05, 0.1) is 5.69 Å². The van der Waals surface area contributed by atoms with E-state index in [0.717, 1.165) is 16.7 Å². The van der Waals surface area contributed by atoms with Gasteiger partial charge in [-0.05, 0) is 63.1 Å². The molecular weight excluding hydrogens is 368 g/mol. The van der Waals surface area contributed by atoms with Crippen LogP contribution in [0.2, 0.25) is 0 Å². The SMILES string of the molecule is C=C(C)CN1C(=O)C(C)Oc2ccc(NC(=O)COc3cccc(C)c3C)cc21. The molecule has 29 heavy (non-hydrogen) atoms. The molecule has 0 fully saturated rings. The Balaban J connectivity index is 1.73. The van der Waals surface area contributed by atoms with Crippen molar-refractivity contribution in [2.24, 2.45) is 0 Å². The highest BCUT2D eigenvalue weighted by Crippen LogP contribution is 2.36. The normalized spacial score (nSPS) is 15.4. The second kappa shape index (κ2) is 8.39. The Labute approximate surface area is 171 Å². The summed E-state index contributed by atoms with van der Waals surface area (Å²) in [6, 6.07) is 11.0. The van der Waals surface area contributed by atoms with Crippen molar-refractivity contribution in [2.45, 2.75) is 33.8 Å². The molecule has 3 rings (SSSR count). The smallest absolute Gasteiger partial charge is 0.268 e. The Morgan fingerprint density at radius 1 is 1.28 bits per heavy atom. The lowest BCUT2D eigenvalue weighted by Crippen LogP contribution is -2.45. The maximum absolute atomic E-state index is 12.5. The van der Waals surface area contributed by atoms with E-state index >= 15 is 0 Å². The molecule has 0 saturated carbocycles. The number of fused-ring (bicyclic) bond motifs is 1. The van der Waals surface area contributed by atoms with Gasteiger partial charge in [-0.1, -0.05) is 24.3 Å². The number of amides is 2. The van der Waals surface area contributed by atoms with Crippen molar-refractivity contribution in [3.05, 3.63) is 59.7 Å². The number of hydrogen-bond acceptors (Lipinski definition) is 4. The van der Waals surface area contributed by atoms with Crippen LogP contribution in [-0.2, 0) is 9.59 Å². The number of ether oxygens (including phenoxy) is 2. The highest BCUT2D eigenvalue weighted by atomic mass is 16.5. The van der Waals surface area contributed by atoms with Gasteiger partial charge < -0.3 is 19.7 Å². The first-order chi connectivity index (χ1) is 13.8. The molecular formula is C23H26N2O4. The number of rotatable bonds is 6. The molecule has 1 aliphatic rings. The average molecular weight is 394 g/mol. The molecule has 1 aliphatic heterocycles. The van der Waals surface area contributed by atoms with E-state index < -0.39 is 6.10 Å². The van der Waals surface area contributed by atoms with Gasteiger partial charge in [0.2, 0.25) is 0 Å². The monoisotopic (exact) mass is 394 g/mol. The summed E-state index contributed by atoms with van der Waals surface area (Å²) in [5.41, 5.74) is 4.15. The lowest BCUT2D eigenvalue weighted by Gasteiger charge is -2.33. The van der Waals surface area contributed by atoms with Gasteiger partial charge in [-0.3, -0.25) is 9.59 Å². The second-order valence-corrected chi connectivity index (χ2v) is 7.36. The Bertz CT molecular complexity index is 967. The van der Waals surface area contributed by atoms with Gasteiger partial charge in [0.15, 0.2) is 12.7 Å². The van der Waals surface area contributed by atoms with E-state index in [0.29, 0.717) is 29.4 Å². The van der Waals surface area contributed by atoms with Crippen molar-refractivity contribution in [2.75, 3.05) is 23.4 Å². The van der Waals surface area contributed by atoms with Gasteiger partial charge in [-0.2, -0.15) is 0 Å². The number of anilines is 2. The van der Waals surface area contributed by atoms with Crippen LogP contribution in [0.25, 0.3) is 0 Å². The van der Waals surface area contributed by atoms with Crippen LogP contribution in [0.3, 0.4) is 0 Å². The first-order valence-corrected chi connectivity index (χ1v) is 9.51. The number of carbonyl (C=O) groups is 2. The summed E-state index contributed by atoms with van der Waals surface area (Å²) in [6.45, 7) is 11.7. The molecule has 0 bridgehead atoms. The molecule has 1 N–H and O–H groups in total. The standard InChI is InChI=1S/C23H26N2O4/c1-14(2)12-25-19-11-18(9-10-21(19)29-17(5)23(25)27)24-22(26)13-28-20-8-6-7-15(3)16(20)4/h6-11,17H,1,12-13H2,2-5H3,(H,24,26). The number of benzene rings is 2. The van der Waals surface area contributed by atoms with E-state index in [-0.39, 0.29) is 18.4 Å². The van der Waals surface area contributed by atoms with E-state index in [1.807, 2.05) is 39.0 Å². The predicted octanol–water partition coefficient (Wildman–Crippen LogP) is 4.01. The van der Waals surface area contributed by atoms with Gasteiger partial charge >= 0.3 is 0 Å². The number of carbonyl (C=O) groups excluding carboxylic acids is 2. The number of hydrogen-bond donors (Lipinski definition) is 1. The molecule has 6 heteroatoms. The summed E-state index contributed by atoms with van der Waals surface area (Å²) in [5.74, 6) is 0.866. The molecule has 152 valence electrons. The van der Waals surface area contributed by atoms with Crippen LogP contribution < -0.4 is 19.7 Å². The number of nitrogens with zero attached hydrogens (tertiary/aromatic N) is 1. The van der Waals surface area contributed by atoms with Crippen LogP contribution in [0.4, 0.5) is 11.4 Å². The highest BCUT2D eigenvalue weighted by molar-refractivity contribution is 6.01. The third-order valence-corrected chi connectivity index (χ3v) is 4.79. The van der Waals surface area contributed by atoms with Crippen LogP contribution >= 0.6 is 0 Å². The Hall–Kier alpha value is -3.28. The minimum Gasteiger partial charge on any atom is -0.483 e. The summed E-state index contributed by atoms with van der Waals surface area (Å²) in [7, 11) is 0. The van der Waals surface area contributed by atoms with E-state index in [1.54, 1.807) is 30.0 Å². The fourth-order valence-electron chi connectivity index (χ4n) is 3.14. The zero-order chi connectivity index (χ0) is 21.1. The summed E-state index contributed by atoms with van der Waals surface area (Å²) in [5, 5.41) is 2.82. The van der Waals surface area contributed by atoms with E-state index in [9.17, 15) is 9.59 Å². The second-order valence-electron chi connectivity index (χ2n) is 7.36. The molecule has 1 atom stereocenters. The Morgan fingerprint density at radius 2 is 2.03 bits per heavy atom. The molecule has 1 heterocycles. The van der Waals surface area contributed by atoms with Crippen LogP contribution in [0.5, 0.6) is 11.5 Å². The lowest BCUT2D eigenvalue weighted by atomic mass is 10.1. The maximum atomic E-state index is 12.5. The third-order valence-electron chi connectivity index (χ3n) is 4.79. The van der Waals surface area contributed by atoms with Gasteiger partial charge in [-0.25, -0.2) is 0 Å². The number of aryl methyl sites for hydroxylation is 1. The molecule has 2 aromatic carbocycles. The van der Waals surface area contributed by atoms with Crippen LogP contribution in [0, 0.1) is 13.8 Å². The Morgan fingerprint density at radius 3 is 2.76 bits per heavy atom. The van der Waals surface area contributed by atoms with Crippen LogP contribution in [0.15, 0.2) is 48.6 Å². The Kier molecular flexibility index (Phi) is 5.92. The van der Waals surface area contributed by atoms with Crippen molar-refractivity contribution in [1.82, 2.24) is 0 Å². The fraction of sp³-hybridized carbons (Fsp3) is 0.304. The zero-order valence-electron chi connectivity index (χ0n) is 17.2. The molecule has 0 aromatic heterocycles. The molecule has 0 aliphatic carbocycles. The lowest BCUT2D eigenvalue weighted by molar-refractivity contribution is -0.125. The molecule has 0 saturated heterocycles. The van der Waals surface area contributed by atoms with Crippen LogP contribution in [0.1, 0.15) is 25.0 Å². The molecule has 1 unspecified atom stereocenters. The average Bonchev–Trinajstić information content (AvgIpc) is 2.67. The third kappa shape index (κ3) is 4.59. The summed E-state index contributed by atoms with van der Waals surface area (Å²) in [4.78, 5) is 26.5. The number of nitrogens with one attached hydrogen (secondary N) is 1. The maximum Gasteiger partial charge on any atom is 0.268 e. The van der Waals surface area contributed by atoms with Gasteiger partial charge in [0, 0.05) is 12.2 Å². The van der Waals surface area contributed by atoms with E-state index in [1.165, 1.54) is 0 Å². The summed E-state index contributed by atoms with van der Waals surface area (Å²) < 4.78 is 11.3. The minimum atomic E-state index is -0.562. The predicted molar refractivity (Wildman–Crippen MR) is 114 cm³/mol. The molecule has 2 amide bonds. The first-order valence-electron chi connectivity index (χ1n) is 9.51. The first kappa shape index (κ1) is 20.5.